The number of hydrogen-bond donors (Lipinski definition) is 1. The van der Waals surface area contributed by atoms with Crippen molar-refractivity contribution < 1.29 is 13.0 Å². The molecular weight excluding hydrogens is 404 g/mol. The average Bonchev–Trinajstić information content (AvgIpc) is 2.75. The highest BCUT2D eigenvalue weighted by Gasteiger charge is 2.44. The minimum Gasteiger partial charge on any atom is -0.285 e. The standard InChI is InChI=1S/C27H48O3S/c1-4-7-10-11-12-13-14-15-16-19-24-27(23-9-6-3,31(28,29)30)26-22-18-17-21-25(26)20-8-5-2/h17-18,21-22H,4-16,19-20,23-24H2,1-3H3,(H,28,29,30). The molecule has 0 amide bonds. The molecule has 3 nitrogen and oxygen atoms in total. The van der Waals surface area contributed by atoms with Gasteiger partial charge >= 0.3 is 0 Å². The van der Waals surface area contributed by atoms with Crippen LogP contribution in [0, 0.1) is 0 Å². The minimum atomic E-state index is -4.21. The van der Waals surface area contributed by atoms with Gasteiger partial charge in [-0.3, -0.25) is 4.55 Å². The molecule has 0 bridgehead atoms. The fourth-order valence-electron chi connectivity index (χ4n) is 4.70. The summed E-state index contributed by atoms with van der Waals surface area (Å²) < 4.78 is 35.0. The Labute approximate surface area is 193 Å². The molecule has 1 rings (SSSR count). The van der Waals surface area contributed by atoms with Crippen molar-refractivity contribution in [3.63, 3.8) is 0 Å². The van der Waals surface area contributed by atoms with Gasteiger partial charge in [0.2, 0.25) is 0 Å². The first-order valence-electron chi connectivity index (χ1n) is 13.0. The van der Waals surface area contributed by atoms with E-state index in [1.54, 1.807) is 0 Å². The topological polar surface area (TPSA) is 54.4 Å². The molecule has 1 aromatic rings. The van der Waals surface area contributed by atoms with E-state index in [4.69, 9.17) is 0 Å². The predicted octanol–water partition coefficient (Wildman–Crippen LogP) is 8.61. The second-order valence-corrected chi connectivity index (χ2v) is 11.0. The molecule has 0 radical (unpaired) electrons. The highest BCUT2D eigenvalue weighted by molar-refractivity contribution is 7.86. The Hall–Kier alpha value is -0.870. The number of rotatable bonds is 19. The maximum Gasteiger partial charge on any atom is 0.274 e. The molecular formula is C27H48O3S. The van der Waals surface area contributed by atoms with Gasteiger partial charge in [0.1, 0.15) is 4.75 Å². The molecule has 1 unspecified atom stereocenters. The summed E-state index contributed by atoms with van der Waals surface area (Å²) in [7, 11) is -4.21. The van der Waals surface area contributed by atoms with Gasteiger partial charge in [0, 0.05) is 0 Å². The van der Waals surface area contributed by atoms with E-state index in [0.29, 0.717) is 12.8 Å². The largest absolute Gasteiger partial charge is 0.285 e. The molecule has 0 saturated heterocycles. The molecule has 1 atom stereocenters. The molecule has 4 heteroatoms. The summed E-state index contributed by atoms with van der Waals surface area (Å²) in [4.78, 5) is 0. The Morgan fingerprint density at radius 3 is 1.71 bits per heavy atom. The van der Waals surface area contributed by atoms with Crippen LogP contribution in [-0.2, 0) is 21.3 Å². The van der Waals surface area contributed by atoms with Gasteiger partial charge in [-0.1, -0.05) is 129 Å². The van der Waals surface area contributed by atoms with Crippen LogP contribution in [0.5, 0.6) is 0 Å². The number of hydrogen-bond acceptors (Lipinski definition) is 2. The first-order valence-corrected chi connectivity index (χ1v) is 14.4. The molecule has 1 N–H and O–H groups in total. The Kier molecular flexibility index (Phi) is 14.4. The van der Waals surface area contributed by atoms with Gasteiger partial charge in [0.05, 0.1) is 0 Å². The molecule has 0 heterocycles. The highest BCUT2D eigenvalue weighted by atomic mass is 32.2. The Bertz CT molecular complexity index is 683. The normalized spacial score (nSPS) is 13.9. The zero-order valence-electron chi connectivity index (χ0n) is 20.5. The summed E-state index contributed by atoms with van der Waals surface area (Å²) in [5, 5.41) is 0. The van der Waals surface area contributed by atoms with Gasteiger partial charge < -0.3 is 0 Å². The smallest absolute Gasteiger partial charge is 0.274 e. The zero-order valence-corrected chi connectivity index (χ0v) is 21.3. The zero-order chi connectivity index (χ0) is 23.0. The van der Waals surface area contributed by atoms with Crippen molar-refractivity contribution in [3.05, 3.63) is 35.4 Å². The van der Waals surface area contributed by atoms with Gasteiger partial charge in [0.15, 0.2) is 0 Å². The Morgan fingerprint density at radius 2 is 1.16 bits per heavy atom. The fourth-order valence-corrected chi connectivity index (χ4v) is 5.98. The lowest BCUT2D eigenvalue weighted by molar-refractivity contribution is 0.376. The van der Waals surface area contributed by atoms with E-state index in [0.717, 1.165) is 62.5 Å². The Balaban J connectivity index is 2.82. The van der Waals surface area contributed by atoms with E-state index in [-0.39, 0.29) is 0 Å². The molecule has 0 spiro atoms. The summed E-state index contributed by atoms with van der Waals surface area (Å²) in [6.45, 7) is 6.48. The molecule has 0 saturated carbocycles. The third-order valence-corrected chi connectivity index (χ3v) is 8.29. The van der Waals surface area contributed by atoms with Crippen molar-refractivity contribution in [1.29, 1.82) is 0 Å². The number of aryl methyl sites for hydroxylation is 1. The van der Waals surface area contributed by atoms with E-state index in [9.17, 15) is 13.0 Å². The van der Waals surface area contributed by atoms with E-state index in [1.807, 2.05) is 18.2 Å². The molecule has 1 aromatic carbocycles. The second kappa shape index (κ2) is 15.9. The summed E-state index contributed by atoms with van der Waals surface area (Å²) in [5.74, 6) is 0. The third-order valence-electron chi connectivity index (χ3n) is 6.67. The Morgan fingerprint density at radius 1 is 0.677 bits per heavy atom. The summed E-state index contributed by atoms with van der Waals surface area (Å²) in [6.07, 6.45) is 17.9. The van der Waals surface area contributed by atoms with Gasteiger partial charge in [-0.25, -0.2) is 0 Å². The minimum absolute atomic E-state index is 0.503. The molecule has 0 aromatic heterocycles. The molecule has 0 fully saturated rings. The van der Waals surface area contributed by atoms with Gasteiger partial charge in [-0.05, 0) is 36.8 Å². The van der Waals surface area contributed by atoms with E-state index < -0.39 is 14.9 Å². The maximum absolute atomic E-state index is 12.8. The number of benzene rings is 1. The molecule has 0 aliphatic heterocycles. The van der Waals surface area contributed by atoms with Crippen LogP contribution in [0.15, 0.2) is 24.3 Å². The van der Waals surface area contributed by atoms with Gasteiger partial charge in [0.25, 0.3) is 10.1 Å². The van der Waals surface area contributed by atoms with Gasteiger partial charge in [-0.15, -0.1) is 0 Å². The summed E-state index contributed by atoms with van der Waals surface area (Å²) in [6, 6.07) is 7.92. The maximum atomic E-state index is 12.8. The van der Waals surface area contributed by atoms with Gasteiger partial charge in [-0.2, -0.15) is 8.42 Å². The van der Waals surface area contributed by atoms with Crippen LogP contribution < -0.4 is 0 Å². The van der Waals surface area contributed by atoms with Crippen LogP contribution in [0.2, 0.25) is 0 Å². The van der Waals surface area contributed by atoms with Crippen LogP contribution in [-0.4, -0.2) is 13.0 Å². The van der Waals surface area contributed by atoms with Crippen LogP contribution in [0.1, 0.15) is 135 Å². The lowest BCUT2D eigenvalue weighted by atomic mass is 9.83. The van der Waals surface area contributed by atoms with Crippen LogP contribution in [0.3, 0.4) is 0 Å². The first-order chi connectivity index (χ1) is 14.9. The monoisotopic (exact) mass is 452 g/mol. The van der Waals surface area contributed by atoms with Crippen molar-refractivity contribution in [2.75, 3.05) is 0 Å². The average molecular weight is 453 g/mol. The van der Waals surface area contributed by atoms with Crippen molar-refractivity contribution in [2.45, 2.75) is 135 Å². The van der Waals surface area contributed by atoms with Crippen molar-refractivity contribution in [2.24, 2.45) is 0 Å². The molecule has 31 heavy (non-hydrogen) atoms. The van der Waals surface area contributed by atoms with Crippen molar-refractivity contribution >= 4 is 10.1 Å². The third kappa shape index (κ3) is 9.65. The SMILES string of the molecule is CCCCCCCCCCCCC(CCCC)(c1ccccc1CCCC)S(=O)(=O)O. The van der Waals surface area contributed by atoms with E-state index >= 15 is 0 Å². The molecule has 0 aliphatic rings. The number of unbranched alkanes of at least 4 members (excludes halogenated alkanes) is 11. The summed E-state index contributed by atoms with van der Waals surface area (Å²) in [5.41, 5.74) is 1.93. The summed E-state index contributed by atoms with van der Waals surface area (Å²) >= 11 is 0. The van der Waals surface area contributed by atoms with Crippen LogP contribution >= 0.6 is 0 Å². The molecule has 0 aliphatic carbocycles. The quantitative estimate of drug-likeness (QED) is 0.169. The first kappa shape index (κ1) is 28.2. The second-order valence-electron chi connectivity index (χ2n) is 9.27. The van der Waals surface area contributed by atoms with Crippen molar-refractivity contribution in [1.82, 2.24) is 0 Å². The van der Waals surface area contributed by atoms with E-state index in [2.05, 4.69) is 26.8 Å². The van der Waals surface area contributed by atoms with Crippen LogP contribution in [0.25, 0.3) is 0 Å². The predicted molar refractivity (Wildman–Crippen MR) is 134 cm³/mol. The van der Waals surface area contributed by atoms with Crippen molar-refractivity contribution in [3.8, 4) is 0 Å². The van der Waals surface area contributed by atoms with E-state index in [1.165, 1.54) is 44.9 Å². The lowest BCUT2D eigenvalue weighted by Crippen LogP contribution is -2.37. The lowest BCUT2D eigenvalue weighted by Gasteiger charge is -2.33. The van der Waals surface area contributed by atoms with Crippen LogP contribution in [0.4, 0.5) is 0 Å². The fraction of sp³-hybridized carbons (Fsp3) is 0.778. The highest BCUT2D eigenvalue weighted by Crippen LogP contribution is 2.42. The molecule has 180 valence electrons.